The maximum atomic E-state index is 13.4. The van der Waals surface area contributed by atoms with E-state index in [9.17, 15) is 17.6 Å². The Hall–Kier alpha value is -1.30. The molecule has 1 nitrogen and oxygen atoms in total. The molecule has 100 valence electrons. The summed E-state index contributed by atoms with van der Waals surface area (Å²) in [5, 5.41) is 0. The van der Waals surface area contributed by atoms with Gasteiger partial charge in [0.05, 0.1) is 0 Å². The van der Waals surface area contributed by atoms with Crippen LogP contribution in [0.1, 0.15) is 5.56 Å². The zero-order valence-corrected chi connectivity index (χ0v) is 11.3. The highest BCUT2D eigenvalue weighted by molar-refractivity contribution is 6.70. The SMILES string of the molecule is C[Si](C)(C)O/C(=C(/F)C(F)(F)F)c1ccccc1. The quantitative estimate of drug-likeness (QED) is 0.441. The van der Waals surface area contributed by atoms with Crippen LogP contribution in [0, 0.1) is 0 Å². The van der Waals surface area contributed by atoms with Crippen LogP contribution in [0.4, 0.5) is 17.6 Å². The Morgan fingerprint density at radius 2 is 1.56 bits per heavy atom. The second-order valence-electron chi connectivity index (χ2n) is 4.72. The Bertz CT molecular complexity index is 432. The van der Waals surface area contributed by atoms with E-state index in [2.05, 4.69) is 0 Å². The molecule has 1 aromatic rings. The van der Waals surface area contributed by atoms with Crippen LogP contribution in [-0.4, -0.2) is 14.5 Å². The molecule has 0 spiro atoms. The smallest absolute Gasteiger partial charge is 0.446 e. The first-order valence-electron chi connectivity index (χ1n) is 5.32. The van der Waals surface area contributed by atoms with E-state index >= 15 is 0 Å². The monoisotopic (exact) mass is 278 g/mol. The van der Waals surface area contributed by atoms with E-state index in [1.54, 1.807) is 25.7 Å². The van der Waals surface area contributed by atoms with Gasteiger partial charge in [0.25, 0.3) is 0 Å². The number of hydrogen-bond acceptors (Lipinski definition) is 1. The molecular formula is C12H14F4OSi. The number of benzene rings is 1. The van der Waals surface area contributed by atoms with Crippen LogP contribution in [0.3, 0.4) is 0 Å². The molecule has 0 saturated heterocycles. The van der Waals surface area contributed by atoms with Crippen molar-refractivity contribution in [2.45, 2.75) is 25.8 Å². The molecule has 0 saturated carbocycles. The number of hydrogen-bond donors (Lipinski definition) is 0. The molecule has 0 aliphatic rings. The van der Waals surface area contributed by atoms with Crippen molar-refractivity contribution >= 4 is 14.1 Å². The first-order chi connectivity index (χ1) is 8.11. The average Bonchev–Trinajstić information content (AvgIpc) is 2.24. The lowest BCUT2D eigenvalue weighted by Crippen LogP contribution is -2.26. The molecule has 0 bridgehead atoms. The van der Waals surface area contributed by atoms with Crippen molar-refractivity contribution in [2.75, 3.05) is 0 Å². The van der Waals surface area contributed by atoms with Gasteiger partial charge < -0.3 is 4.43 Å². The van der Waals surface area contributed by atoms with Crippen molar-refractivity contribution in [3.05, 3.63) is 41.7 Å². The molecule has 1 aromatic carbocycles. The van der Waals surface area contributed by atoms with E-state index in [0.717, 1.165) is 0 Å². The van der Waals surface area contributed by atoms with Gasteiger partial charge in [-0.1, -0.05) is 30.3 Å². The van der Waals surface area contributed by atoms with E-state index in [1.165, 1.54) is 24.3 Å². The summed E-state index contributed by atoms with van der Waals surface area (Å²) in [6.07, 6.45) is -5.04. The van der Waals surface area contributed by atoms with E-state index in [-0.39, 0.29) is 5.56 Å². The lowest BCUT2D eigenvalue weighted by molar-refractivity contribution is -0.109. The summed E-state index contributed by atoms with van der Waals surface area (Å²) in [6.45, 7) is 5.08. The van der Waals surface area contributed by atoms with Gasteiger partial charge in [-0.3, -0.25) is 0 Å². The Balaban J connectivity index is 3.29. The summed E-state index contributed by atoms with van der Waals surface area (Å²) in [4.78, 5) is 0. The fourth-order valence-corrected chi connectivity index (χ4v) is 2.07. The van der Waals surface area contributed by atoms with E-state index in [0.29, 0.717) is 0 Å². The van der Waals surface area contributed by atoms with Crippen LogP contribution < -0.4 is 0 Å². The van der Waals surface area contributed by atoms with Crippen molar-refractivity contribution in [3.63, 3.8) is 0 Å². The largest absolute Gasteiger partial charge is 0.542 e. The molecule has 0 unspecified atom stereocenters. The van der Waals surface area contributed by atoms with Crippen molar-refractivity contribution in [1.29, 1.82) is 0 Å². The summed E-state index contributed by atoms with van der Waals surface area (Å²) in [5.74, 6) is -2.90. The predicted molar refractivity (Wildman–Crippen MR) is 65.0 cm³/mol. The fraction of sp³-hybridized carbons (Fsp3) is 0.333. The molecule has 0 aliphatic heterocycles. The average molecular weight is 278 g/mol. The van der Waals surface area contributed by atoms with Gasteiger partial charge in [0, 0.05) is 5.56 Å². The lowest BCUT2D eigenvalue weighted by Gasteiger charge is -2.23. The second-order valence-corrected chi connectivity index (χ2v) is 9.15. The molecule has 0 radical (unpaired) electrons. The highest BCUT2D eigenvalue weighted by atomic mass is 28.4. The van der Waals surface area contributed by atoms with Gasteiger partial charge >= 0.3 is 6.18 Å². The highest BCUT2D eigenvalue weighted by Crippen LogP contribution is 2.35. The number of rotatable bonds is 3. The summed E-state index contributed by atoms with van der Waals surface area (Å²) < 4.78 is 56.1. The minimum absolute atomic E-state index is 0.0924. The van der Waals surface area contributed by atoms with Crippen molar-refractivity contribution in [3.8, 4) is 0 Å². The maximum Gasteiger partial charge on any atom is 0.446 e. The van der Waals surface area contributed by atoms with Gasteiger partial charge in [0.15, 0.2) is 5.76 Å². The first-order valence-corrected chi connectivity index (χ1v) is 8.73. The minimum atomic E-state index is -5.04. The van der Waals surface area contributed by atoms with E-state index in [1.807, 2.05) is 0 Å². The molecule has 1 rings (SSSR count). The molecule has 0 atom stereocenters. The molecule has 6 heteroatoms. The van der Waals surface area contributed by atoms with E-state index in [4.69, 9.17) is 4.43 Å². The van der Waals surface area contributed by atoms with Crippen LogP contribution in [0.25, 0.3) is 5.76 Å². The molecule has 18 heavy (non-hydrogen) atoms. The fourth-order valence-electron chi connectivity index (χ4n) is 1.25. The van der Waals surface area contributed by atoms with Crippen LogP contribution in [-0.2, 0) is 4.43 Å². The summed E-state index contributed by atoms with van der Waals surface area (Å²) in [5.41, 5.74) is 0.0924. The van der Waals surface area contributed by atoms with Gasteiger partial charge in [-0.2, -0.15) is 17.6 Å². The predicted octanol–water partition coefficient (Wildman–Crippen LogP) is 4.74. The van der Waals surface area contributed by atoms with Crippen LogP contribution in [0.2, 0.25) is 19.6 Å². The zero-order chi connectivity index (χ0) is 14.0. The van der Waals surface area contributed by atoms with Crippen LogP contribution in [0.5, 0.6) is 0 Å². The number of alkyl halides is 3. The summed E-state index contributed by atoms with van der Waals surface area (Å²) in [6, 6.07) is 7.49. The Labute approximate surface area is 104 Å². The highest BCUT2D eigenvalue weighted by Gasteiger charge is 2.39. The normalized spacial score (nSPS) is 14.2. The standard InChI is InChI=1S/C12H14F4OSi/c1-18(2,3)17-10(11(13)12(14,15)16)9-7-5-4-6-8-9/h4-8H,1-3H3/b11-10+. The minimum Gasteiger partial charge on any atom is -0.542 e. The molecule has 0 aromatic heterocycles. The third-order valence-electron chi connectivity index (χ3n) is 1.89. The number of halogens is 4. The van der Waals surface area contributed by atoms with Gasteiger partial charge in [0.2, 0.25) is 14.1 Å². The molecule has 0 N–H and O–H groups in total. The number of allylic oxidation sites excluding steroid dienone is 1. The van der Waals surface area contributed by atoms with E-state index < -0.39 is 26.1 Å². The van der Waals surface area contributed by atoms with Crippen LogP contribution in [0.15, 0.2) is 36.2 Å². The van der Waals surface area contributed by atoms with Crippen molar-refractivity contribution < 1.29 is 22.0 Å². The van der Waals surface area contributed by atoms with Crippen LogP contribution >= 0.6 is 0 Å². The Kier molecular flexibility index (Phi) is 4.21. The lowest BCUT2D eigenvalue weighted by atomic mass is 10.2. The molecule has 0 heterocycles. The van der Waals surface area contributed by atoms with Crippen molar-refractivity contribution in [1.82, 2.24) is 0 Å². The van der Waals surface area contributed by atoms with Crippen molar-refractivity contribution in [2.24, 2.45) is 0 Å². The topological polar surface area (TPSA) is 9.23 Å². The van der Waals surface area contributed by atoms with Gasteiger partial charge in [-0.05, 0) is 19.6 Å². The maximum absolute atomic E-state index is 13.4. The molecular weight excluding hydrogens is 264 g/mol. The first kappa shape index (κ1) is 14.8. The van der Waals surface area contributed by atoms with Gasteiger partial charge in [-0.15, -0.1) is 0 Å². The molecule has 0 fully saturated rings. The van der Waals surface area contributed by atoms with Gasteiger partial charge in [0.1, 0.15) is 0 Å². The second kappa shape index (κ2) is 5.13. The summed E-state index contributed by atoms with van der Waals surface area (Å²) in [7, 11) is -2.34. The third kappa shape index (κ3) is 4.18. The Morgan fingerprint density at radius 1 is 1.06 bits per heavy atom. The Morgan fingerprint density at radius 3 is 1.94 bits per heavy atom. The van der Waals surface area contributed by atoms with Gasteiger partial charge in [-0.25, -0.2) is 0 Å². The summed E-state index contributed by atoms with van der Waals surface area (Å²) >= 11 is 0. The molecule has 0 aliphatic carbocycles. The zero-order valence-electron chi connectivity index (χ0n) is 10.3. The molecule has 0 amide bonds. The third-order valence-corrected chi connectivity index (χ3v) is 2.71.